The van der Waals surface area contributed by atoms with Crippen molar-refractivity contribution in [2.45, 2.75) is 32.1 Å². The van der Waals surface area contributed by atoms with E-state index in [0.29, 0.717) is 23.9 Å². The normalized spacial score (nSPS) is 26.0. The Kier molecular flexibility index (Phi) is 4.41. The molecule has 1 amide bonds. The number of ether oxygens (including phenoxy) is 1. The maximum atomic E-state index is 13.0. The van der Waals surface area contributed by atoms with Gasteiger partial charge in [0.1, 0.15) is 5.82 Å². The predicted molar refractivity (Wildman–Crippen MR) is 79.5 cm³/mol. The second-order valence-electron chi connectivity index (χ2n) is 6.36. The van der Waals surface area contributed by atoms with Gasteiger partial charge in [-0.15, -0.1) is 0 Å². The fraction of sp³-hybridized carbons (Fsp3) is 0.529. The number of esters is 1. The van der Waals surface area contributed by atoms with Crippen LogP contribution in [-0.4, -0.2) is 18.5 Å². The maximum Gasteiger partial charge on any atom is 0.306 e. The maximum absolute atomic E-state index is 13.0. The van der Waals surface area contributed by atoms with E-state index in [1.165, 1.54) is 37.5 Å². The summed E-state index contributed by atoms with van der Waals surface area (Å²) in [6.07, 6.45) is 5.30. The summed E-state index contributed by atoms with van der Waals surface area (Å²) in [5.41, 5.74) is 0.356. The fourth-order valence-electron chi connectivity index (χ4n) is 3.81. The zero-order chi connectivity index (χ0) is 15.5. The Morgan fingerprint density at radius 2 is 2.14 bits per heavy atom. The van der Waals surface area contributed by atoms with Crippen LogP contribution in [0.4, 0.5) is 10.1 Å². The first-order valence-electron chi connectivity index (χ1n) is 7.81. The first-order chi connectivity index (χ1) is 10.6. The molecule has 22 heavy (non-hydrogen) atoms. The summed E-state index contributed by atoms with van der Waals surface area (Å²) in [6, 6.07) is 5.60. The van der Waals surface area contributed by atoms with E-state index in [9.17, 15) is 14.0 Å². The Labute approximate surface area is 129 Å². The molecule has 2 aliphatic carbocycles. The Morgan fingerprint density at radius 1 is 1.27 bits per heavy atom. The molecule has 118 valence electrons. The van der Waals surface area contributed by atoms with Gasteiger partial charge in [0.15, 0.2) is 6.61 Å². The second-order valence-corrected chi connectivity index (χ2v) is 6.36. The van der Waals surface area contributed by atoms with Crippen molar-refractivity contribution in [3.63, 3.8) is 0 Å². The number of hydrogen-bond donors (Lipinski definition) is 1. The van der Waals surface area contributed by atoms with Crippen molar-refractivity contribution in [2.24, 2.45) is 17.8 Å². The van der Waals surface area contributed by atoms with Crippen LogP contribution in [0.5, 0.6) is 0 Å². The van der Waals surface area contributed by atoms with E-state index in [1.807, 2.05) is 0 Å². The number of amides is 1. The molecule has 0 aliphatic heterocycles. The van der Waals surface area contributed by atoms with E-state index in [2.05, 4.69) is 5.32 Å². The lowest BCUT2D eigenvalue weighted by atomic mass is 9.86. The third kappa shape index (κ3) is 3.64. The van der Waals surface area contributed by atoms with E-state index < -0.39 is 11.7 Å². The lowest BCUT2D eigenvalue weighted by Gasteiger charge is -2.20. The fourth-order valence-corrected chi connectivity index (χ4v) is 3.81. The zero-order valence-electron chi connectivity index (χ0n) is 12.4. The van der Waals surface area contributed by atoms with Gasteiger partial charge in [-0.2, -0.15) is 0 Å². The summed E-state index contributed by atoms with van der Waals surface area (Å²) in [6.45, 7) is -0.323. The SMILES string of the molecule is O=C(COC(=O)C[C@H]1C[C@H]2CC[C@@H]1C2)Nc1cccc(F)c1. The molecular weight excluding hydrogens is 285 g/mol. The molecule has 5 heteroatoms. The second kappa shape index (κ2) is 6.46. The van der Waals surface area contributed by atoms with Gasteiger partial charge in [-0.1, -0.05) is 12.5 Å². The van der Waals surface area contributed by atoms with Gasteiger partial charge < -0.3 is 10.1 Å². The van der Waals surface area contributed by atoms with Gasteiger partial charge in [0.2, 0.25) is 0 Å². The van der Waals surface area contributed by atoms with Crippen molar-refractivity contribution >= 4 is 17.6 Å². The Balaban J connectivity index is 1.40. The Hall–Kier alpha value is -1.91. The molecule has 0 spiro atoms. The summed E-state index contributed by atoms with van der Waals surface area (Å²) in [5, 5.41) is 2.50. The molecule has 0 saturated heterocycles. The Bertz CT molecular complexity index is 575. The van der Waals surface area contributed by atoms with Gasteiger partial charge in [0.05, 0.1) is 0 Å². The average Bonchev–Trinajstić information content (AvgIpc) is 3.08. The summed E-state index contributed by atoms with van der Waals surface area (Å²) >= 11 is 0. The van der Waals surface area contributed by atoms with Gasteiger partial charge in [-0.25, -0.2) is 4.39 Å². The number of hydrogen-bond acceptors (Lipinski definition) is 3. The molecule has 1 aromatic carbocycles. The number of nitrogens with one attached hydrogen (secondary N) is 1. The molecule has 1 N–H and O–H groups in total. The third-order valence-electron chi connectivity index (χ3n) is 4.79. The molecule has 0 aromatic heterocycles. The van der Waals surface area contributed by atoms with Crippen LogP contribution in [0.2, 0.25) is 0 Å². The van der Waals surface area contributed by atoms with E-state index >= 15 is 0 Å². The average molecular weight is 305 g/mol. The highest BCUT2D eigenvalue weighted by molar-refractivity contribution is 5.92. The highest BCUT2D eigenvalue weighted by Gasteiger charge is 2.40. The van der Waals surface area contributed by atoms with Crippen molar-refractivity contribution in [2.75, 3.05) is 11.9 Å². The Morgan fingerprint density at radius 3 is 2.82 bits per heavy atom. The molecule has 4 nitrogen and oxygen atoms in total. The number of fused-ring (bicyclic) bond motifs is 2. The molecule has 2 aliphatic rings. The molecule has 0 radical (unpaired) electrons. The predicted octanol–water partition coefficient (Wildman–Crippen LogP) is 3.13. The smallest absolute Gasteiger partial charge is 0.306 e. The van der Waals surface area contributed by atoms with Crippen LogP contribution in [0, 0.1) is 23.6 Å². The molecule has 2 bridgehead atoms. The number of carbonyl (C=O) groups is 2. The first-order valence-corrected chi connectivity index (χ1v) is 7.81. The van der Waals surface area contributed by atoms with Crippen LogP contribution < -0.4 is 5.32 Å². The van der Waals surface area contributed by atoms with E-state index in [1.54, 1.807) is 6.07 Å². The molecule has 2 fully saturated rings. The van der Waals surface area contributed by atoms with Crippen LogP contribution in [0.3, 0.4) is 0 Å². The molecule has 3 atom stereocenters. The lowest BCUT2D eigenvalue weighted by Crippen LogP contribution is -2.23. The minimum atomic E-state index is -0.452. The standard InChI is InChI=1S/C17H20FNO3/c18-14-2-1-3-15(9-14)19-16(20)10-22-17(21)8-13-7-11-4-5-12(13)6-11/h1-3,9,11-13H,4-8,10H2,(H,19,20)/t11-,12+,13+/m0/s1. The first kappa shape index (κ1) is 15.0. The van der Waals surface area contributed by atoms with E-state index in [4.69, 9.17) is 4.74 Å². The molecule has 0 unspecified atom stereocenters. The molecule has 1 aromatic rings. The summed E-state index contributed by atoms with van der Waals surface area (Å²) in [4.78, 5) is 23.5. The van der Waals surface area contributed by atoms with Crippen LogP contribution in [0.15, 0.2) is 24.3 Å². The van der Waals surface area contributed by atoms with Gasteiger partial charge in [0, 0.05) is 12.1 Å². The minimum Gasteiger partial charge on any atom is -0.456 e. The summed E-state index contributed by atoms with van der Waals surface area (Å²) < 4.78 is 18.0. The van der Waals surface area contributed by atoms with Crippen molar-refractivity contribution < 1.29 is 18.7 Å². The van der Waals surface area contributed by atoms with Gasteiger partial charge in [-0.3, -0.25) is 9.59 Å². The largest absolute Gasteiger partial charge is 0.456 e. The number of rotatable bonds is 5. The molecule has 3 rings (SSSR count). The van der Waals surface area contributed by atoms with Crippen molar-refractivity contribution in [3.8, 4) is 0 Å². The van der Waals surface area contributed by atoms with Gasteiger partial charge >= 0.3 is 5.97 Å². The van der Waals surface area contributed by atoms with Crippen LogP contribution in [0.25, 0.3) is 0 Å². The van der Waals surface area contributed by atoms with Crippen LogP contribution in [-0.2, 0) is 14.3 Å². The van der Waals surface area contributed by atoms with Crippen molar-refractivity contribution in [1.82, 2.24) is 0 Å². The quantitative estimate of drug-likeness (QED) is 0.850. The van der Waals surface area contributed by atoms with E-state index in [-0.39, 0.29) is 12.6 Å². The molecule has 0 heterocycles. The highest BCUT2D eigenvalue weighted by Crippen LogP contribution is 2.49. The number of benzene rings is 1. The monoisotopic (exact) mass is 305 g/mol. The summed E-state index contributed by atoms with van der Waals surface area (Å²) in [5.74, 6) is 0.695. The lowest BCUT2D eigenvalue weighted by molar-refractivity contribution is -0.148. The van der Waals surface area contributed by atoms with Crippen LogP contribution in [0.1, 0.15) is 32.1 Å². The number of anilines is 1. The van der Waals surface area contributed by atoms with Gasteiger partial charge in [0.25, 0.3) is 5.91 Å². The van der Waals surface area contributed by atoms with Gasteiger partial charge in [-0.05, 0) is 55.2 Å². The highest BCUT2D eigenvalue weighted by atomic mass is 19.1. The van der Waals surface area contributed by atoms with Crippen LogP contribution >= 0.6 is 0 Å². The minimum absolute atomic E-state index is 0.313. The summed E-state index contributed by atoms with van der Waals surface area (Å²) in [7, 11) is 0. The number of halogens is 1. The third-order valence-corrected chi connectivity index (χ3v) is 4.79. The topological polar surface area (TPSA) is 55.4 Å². The van der Waals surface area contributed by atoms with E-state index in [0.717, 1.165) is 12.3 Å². The molecular formula is C17H20FNO3. The van der Waals surface area contributed by atoms with Crippen molar-refractivity contribution in [3.05, 3.63) is 30.1 Å². The number of carbonyl (C=O) groups excluding carboxylic acids is 2. The zero-order valence-corrected chi connectivity index (χ0v) is 12.4. The molecule has 2 saturated carbocycles. The van der Waals surface area contributed by atoms with Crippen molar-refractivity contribution in [1.29, 1.82) is 0 Å².